The lowest BCUT2D eigenvalue weighted by Gasteiger charge is -2.14. The fourth-order valence-corrected chi connectivity index (χ4v) is 1.81. The largest absolute Gasteiger partial charge is 0.493 e. The lowest BCUT2D eigenvalue weighted by molar-refractivity contribution is 0.266. The Morgan fingerprint density at radius 3 is 2.30 bits per heavy atom. The van der Waals surface area contributed by atoms with Gasteiger partial charge in [0.05, 0.1) is 14.2 Å². The van der Waals surface area contributed by atoms with E-state index in [9.17, 15) is 4.39 Å². The number of hydrogen-bond acceptors (Lipinski definition) is 4. The molecule has 2 aromatic carbocycles. The number of halogens is 1. The third kappa shape index (κ3) is 2.93. The minimum atomic E-state index is -0.357. The van der Waals surface area contributed by atoms with Crippen molar-refractivity contribution in [3.63, 3.8) is 0 Å². The van der Waals surface area contributed by atoms with Crippen molar-refractivity contribution in [2.75, 3.05) is 20.0 Å². The predicted molar refractivity (Wildman–Crippen MR) is 74.7 cm³/mol. The Morgan fingerprint density at radius 1 is 1.05 bits per heavy atom. The molecular formula is C15H16FNO3. The lowest BCUT2D eigenvalue weighted by Crippen LogP contribution is -2.03. The Balaban J connectivity index is 2.24. The minimum Gasteiger partial charge on any atom is -0.493 e. The number of anilines is 1. The Hall–Kier alpha value is -2.43. The zero-order valence-corrected chi connectivity index (χ0v) is 11.4. The van der Waals surface area contributed by atoms with Gasteiger partial charge in [0, 0.05) is 11.3 Å². The lowest BCUT2D eigenvalue weighted by atomic mass is 10.2. The molecule has 0 aliphatic carbocycles. The van der Waals surface area contributed by atoms with E-state index in [0.717, 1.165) is 0 Å². The van der Waals surface area contributed by atoms with Crippen LogP contribution in [0.3, 0.4) is 0 Å². The Kier molecular flexibility index (Phi) is 4.30. The molecule has 0 saturated heterocycles. The molecule has 0 atom stereocenters. The molecule has 0 saturated carbocycles. The van der Waals surface area contributed by atoms with Crippen LogP contribution in [0.25, 0.3) is 0 Å². The third-order valence-corrected chi connectivity index (χ3v) is 2.86. The summed E-state index contributed by atoms with van der Waals surface area (Å²) in [6.45, 7) is 0.125. The third-order valence-electron chi connectivity index (χ3n) is 2.86. The zero-order chi connectivity index (χ0) is 14.5. The van der Waals surface area contributed by atoms with Crippen molar-refractivity contribution in [1.82, 2.24) is 0 Å². The number of ether oxygens (including phenoxy) is 3. The molecule has 2 N–H and O–H groups in total. The molecule has 0 aliphatic heterocycles. The van der Waals surface area contributed by atoms with E-state index < -0.39 is 0 Å². The van der Waals surface area contributed by atoms with Gasteiger partial charge in [0.2, 0.25) is 5.75 Å². The summed E-state index contributed by atoms with van der Waals surface area (Å²) in [5.74, 6) is 1.18. The van der Waals surface area contributed by atoms with Crippen LogP contribution in [0.2, 0.25) is 0 Å². The summed E-state index contributed by atoms with van der Waals surface area (Å²) in [6, 6.07) is 9.47. The first-order valence-electron chi connectivity index (χ1n) is 6.03. The fraction of sp³-hybridized carbons (Fsp3) is 0.200. The number of benzene rings is 2. The van der Waals surface area contributed by atoms with E-state index in [-0.39, 0.29) is 12.4 Å². The van der Waals surface area contributed by atoms with Gasteiger partial charge in [0.15, 0.2) is 11.5 Å². The molecule has 20 heavy (non-hydrogen) atoms. The molecule has 0 fully saturated rings. The van der Waals surface area contributed by atoms with E-state index in [1.165, 1.54) is 32.4 Å². The van der Waals surface area contributed by atoms with Crippen LogP contribution in [0.5, 0.6) is 17.2 Å². The average Bonchev–Trinajstić information content (AvgIpc) is 2.47. The molecular weight excluding hydrogens is 261 g/mol. The average molecular weight is 277 g/mol. The van der Waals surface area contributed by atoms with Crippen molar-refractivity contribution in [2.45, 2.75) is 6.61 Å². The number of nitrogen functional groups attached to an aromatic ring is 1. The van der Waals surface area contributed by atoms with Crippen molar-refractivity contribution in [3.05, 3.63) is 47.8 Å². The van der Waals surface area contributed by atoms with Crippen LogP contribution < -0.4 is 19.9 Å². The number of hydrogen-bond donors (Lipinski definition) is 1. The molecule has 0 heterocycles. The van der Waals surface area contributed by atoms with E-state index in [0.29, 0.717) is 28.5 Å². The molecule has 0 aromatic heterocycles. The fourth-order valence-electron chi connectivity index (χ4n) is 1.81. The van der Waals surface area contributed by atoms with Crippen LogP contribution in [0.4, 0.5) is 10.1 Å². The Labute approximate surface area is 116 Å². The molecule has 0 spiro atoms. The summed E-state index contributed by atoms with van der Waals surface area (Å²) in [6.07, 6.45) is 0. The van der Waals surface area contributed by atoms with Crippen LogP contribution in [0.1, 0.15) is 5.56 Å². The van der Waals surface area contributed by atoms with Crippen LogP contribution in [0, 0.1) is 5.82 Å². The monoisotopic (exact) mass is 277 g/mol. The van der Waals surface area contributed by atoms with Gasteiger partial charge < -0.3 is 19.9 Å². The second-order valence-electron chi connectivity index (χ2n) is 4.12. The second kappa shape index (κ2) is 6.14. The molecule has 0 bridgehead atoms. The van der Waals surface area contributed by atoms with Crippen LogP contribution >= 0.6 is 0 Å². The van der Waals surface area contributed by atoms with Crippen molar-refractivity contribution >= 4 is 5.69 Å². The maximum atomic E-state index is 13.2. The normalized spacial score (nSPS) is 10.2. The Bertz CT molecular complexity index is 579. The highest BCUT2D eigenvalue weighted by Gasteiger charge is 2.12. The molecule has 0 unspecified atom stereocenters. The first-order chi connectivity index (χ1) is 9.65. The molecule has 106 valence electrons. The number of para-hydroxylation sites is 1. The van der Waals surface area contributed by atoms with Gasteiger partial charge in [-0.25, -0.2) is 4.39 Å². The first-order valence-corrected chi connectivity index (χ1v) is 6.03. The molecule has 2 rings (SSSR count). The van der Waals surface area contributed by atoms with E-state index >= 15 is 0 Å². The van der Waals surface area contributed by atoms with Crippen molar-refractivity contribution in [2.24, 2.45) is 0 Å². The molecule has 2 aromatic rings. The summed E-state index contributed by atoms with van der Waals surface area (Å²) >= 11 is 0. The van der Waals surface area contributed by atoms with Crippen molar-refractivity contribution < 1.29 is 18.6 Å². The van der Waals surface area contributed by atoms with Gasteiger partial charge >= 0.3 is 0 Å². The van der Waals surface area contributed by atoms with Gasteiger partial charge in [-0.05, 0) is 30.3 Å². The molecule has 0 radical (unpaired) electrons. The second-order valence-corrected chi connectivity index (χ2v) is 4.12. The summed E-state index contributed by atoms with van der Waals surface area (Å²) < 4.78 is 29.3. The quantitative estimate of drug-likeness (QED) is 0.854. The maximum Gasteiger partial charge on any atom is 0.203 e. The standard InChI is InChI=1S/C15H16FNO3/c1-18-13-4-3-5-14(19-2)15(13)20-9-10-8-11(16)6-7-12(10)17/h3-8H,9,17H2,1-2H3. The molecule has 0 aliphatic rings. The van der Waals surface area contributed by atoms with Gasteiger partial charge in [-0.15, -0.1) is 0 Å². The number of methoxy groups -OCH3 is 2. The van der Waals surface area contributed by atoms with E-state index in [2.05, 4.69) is 0 Å². The zero-order valence-electron chi connectivity index (χ0n) is 11.4. The van der Waals surface area contributed by atoms with E-state index in [4.69, 9.17) is 19.9 Å². The predicted octanol–water partition coefficient (Wildman–Crippen LogP) is 3.00. The highest BCUT2D eigenvalue weighted by Crippen LogP contribution is 2.37. The molecule has 0 amide bonds. The molecule has 4 nitrogen and oxygen atoms in total. The van der Waals surface area contributed by atoms with Gasteiger partial charge in [0.25, 0.3) is 0 Å². The van der Waals surface area contributed by atoms with Gasteiger partial charge in [0.1, 0.15) is 12.4 Å². The van der Waals surface area contributed by atoms with E-state index in [1.54, 1.807) is 18.2 Å². The first kappa shape index (κ1) is 14.0. The van der Waals surface area contributed by atoms with Gasteiger partial charge in [-0.1, -0.05) is 6.07 Å². The summed E-state index contributed by atoms with van der Waals surface area (Å²) in [5.41, 5.74) is 6.83. The minimum absolute atomic E-state index is 0.125. The number of rotatable bonds is 5. The summed E-state index contributed by atoms with van der Waals surface area (Å²) in [7, 11) is 3.08. The van der Waals surface area contributed by atoms with Gasteiger partial charge in [-0.2, -0.15) is 0 Å². The smallest absolute Gasteiger partial charge is 0.203 e. The van der Waals surface area contributed by atoms with Crippen LogP contribution in [-0.2, 0) is 6.61 Å². The van der Waals surface area contributed by atoms with Crippen molar-refractivity contribution in [1.29, 1.82) is 0 Å². The van der Waals surface area contributed by atoms with Crippen molar-refractivity contribution in [3.8, 4) is 17.2 Å². The highest BCUT2D eigenvalue weighted by molar-refractivity contribution is 5.52. The van der Waals surface area contributed by atoms with Crippen LogP contribution in [0.15, 0.2) is 36.4 Å². The topological polar surface area (TPSA) is 53.7 Å². The molecule has 5 heteroatoms. The van der Waals surface area contributed by atoms with E-state index in [1.807, 2.05) is 0 Å². The summed E-state index contributed by atoms with van der Waals surface area (Å²) in [4.78, 5) is 0. The Morgan fingerprint density at radius 2 is 1.70 bits per heavy atom. The number of nitrogens with two attached hydrogens (primary N) is 1. The highest BCUT2D eigenvalue weighted by atomic mass is 19.1. The SMILES string of the molecule is COc1cccc(OC)c1OCc1cc(F)ccc1N. The van der Waals surface area contributed by atoms with Gasteiger partial charge in [-0.3, -0.25) is 0 Å². The maximum absolute atomic E-state index is 13.2. The van der Waals surface area contributed by atoms with Crippen LogP contribution in [-0.4, -0.2) is 14.2 Å². The summed E-state index contributed by atoms with van der Waals surface area (Å²) in [5, 5.41) is 0.